The van der Waals surface area contributed by atoms with Gasteiger partial charge in [-0.25, -0.2) is 0 Å². The van der Waals surface area contributed by atoms with Crippen molar-refractivity contribution in [3.05, 3.63) is 53.1 Å². The van der Waals surface area contributed by atoms with Gasteiger partial charge in [0.2, 0.25) is 5.91 Å². The Labute approximate surface area is 157 Å². The first-order valence-corrected chi connectivity index (χ1v) is 8.45. The number of aryl methyl sites for hydroxylation is 2. The molecule has 146 valence electrons. The number of halogens is 2. The SMILES string of the molecule is COc1cc(CN(C)CC(=O)Nc2cc(C)cc(C)c2)ccc1OC(F)F. The molecule has 1 amide bonds. The van der Waals surface area contributed by atoms with Crippen molar-refractivity contribution in [1.29, 1.82) is 0 Å². The third-order valence-corrected chi connectivity index (χ3v) is 3.82. The minimum absolute atomic E-state index is 0.0218. The number of anilines is 1. The van der Waals surface area contributed by atoms with E-state index in [4.69, 9.17) is 4.74 Å². The molecule has 0 aliphatic heterocycles. The number of ether oxygens (including phenoxy) is 2. The van der Waals surface area contributed by atoms with E-state index in [0.717, 1.165) is 22.4 Å². The number of methoxy groups -OCH3 is 1. The maximum absolute atomic E-state index is 12.4. The van der Waals surface area contributed by atoms with Crippen LogP contribution < -0.4 is 14.8 Å². The highest BCUT2D eigenvalue weighted by Gasteiger charge is 2.13. The molecule has 0 saturated heterocycles. The Balaban J connectivity index is 1.96. The molecule has 2 aromatic rings. The summed E-state index contributed by atoms with van der Waals surface area (Å²) in [5, 5.41) is 2.88. The zero-order chi connectivity index (χ0) is 20.0. The molecule has 0 aliphatic carbocycles. The van der Waals surface area contributed by atoms with Gasteiger partial charge in [-0.2, -0.15) is 8.78 Å². The van der Waals surface area contributed by atoms with Crippen LogP contribution in [0.3, 0.4) is 0 Å². The van der Waals surface area contributed by atoms with Gasteiger partial charge in [0.1, 0.15) is 0 Å². The standard InChI is InChI=1S/C20H24F2N2O3/c1-13-7-14(2)9-16(8-13)23-19(25)12-24(3)11-15-5-6-17(27-20(21)22)18(10-15)26-4/h5-10,20H,11-12H2,1-4H3,(H,23,25). The molecule has 0 fully saturated rings. The largest absolute Gasteiger partial charge is 0.493 e. The van der Waals surface area contributed by atoms with Crippen LogP contribution in [0.2, 0.25) is 0 Å². The summed E-state index contributed by atoms with van der Waals surface area (Å²) in [5.74, 6) is 0.0690. The summed E-state index contributed by atoms with van der Waals surface area (Å²) >= 11 is 0. The Morgan fingerprint density at radius 3 is 2.37 bits per heavy atom. The van der Waals surface area contributed by atoms with Crippen molar-refractivity contribution in [3.8, 4) is 11.5 Å². The molecule has 7 heteroatoms. The number of rotatable bonds is 8. The van der Waals surface area contributed by atoms with E-state index in [2.05, 4.69) is 10.1 Å². The fraction of sp³-hybridized carbons (Fsp3) is 0.350. The van der Waals surface area contributed by atoms with Crippen molar-refractivity contribution in [2.45, 2.75) is 27.0 Å². The minimum atomic E-state index is -2.92. The number of hydrogen-bond donors (Lipinski definition) is 1. The van der Waals surface area contributed by atoms with Gasteiger partial charge in [-0.05, 0) is 61.9 Å². The molecule has 0 atom stereocenters. The molecule has 0 heterocycles. The monoisotopic (exact) mass is 378 g/mol. The average molecular weight is 378 g/mol. The Morgan fingerprint density at radius 1 is 1.11 bits per heavy atom. The van der Waals surface area contributed by atoms with Crippen LogP contribution in [0.4, 0.5) is 14.5 Å². The van der Waals surface area contributed by atoms with E-state index < -0.39 is 6.61 Å². The smallest absolute Gasteiger partial charge is 0.387 e. The van der Waals surface area contributed by atoms with Crippen molar-refractivity contribution in [2.75, 3.05) is 26.0 Å². The first-order valence-electron chi connectivity index (χ1n) is 8.45. The maximum Gasteiger partial charge on any atom is 0.387 e. The summed E-state index contributed by atoms with van der Waals surface area (Å²) in [7, 11) is 3.19. The number of alkyl halides is 2. The van der Waals surface area contributed by atoms with Crippen molar-refractivity contribution < 1.29 is 23.0 Å². The van der Waals surface area contributed by atoms with Crippen LogP contribution in [0.1, 0.15) is 16.7 Å². The van der Waals surface area contributed by atoms with Crippen LogP contribution in [0.25, 0.3) is 0 Å². The predicted molar refractivity (Wildman–Crippen MR) is 101 cm³/mol. The number of amides is 1. The Morgan fingerprint density at radius 2 is 1.78 bits per heavy atom. The van der Waals surface area contributed by atoms with Crippen LogP contribution in [-0.2, 0) is 11.3 Å². The number of carbonyl (C=O) groups excluding carboxylic acids is 1. The Bertz CT molecular complexity index is 777. The van der Waals surface area contributed by atoms with Gasteiger partial charge in [-0.1, -0.05) is 12.1 Å². The van der Waals surface area contributed by atoms with Gasteiger partial charge in [0.05, 0.1) is 13.7 Å². The second kappa shape index (κ2) is 9.32. The first kappa shape index (κ1) is 20.6. The van der Waals surface area contributed by atoms with E-state index in [1.54, 1.807) is 19.2 Å². The zero-order valence-electron chi connectivity index (χ0n) is 15.9. The highest BCUT2D eigenvalue weighted by molar-refractivity contribution is 5.92. The summed E-state index contributed by atoms with van der Waals surface area (Å²) < 4.78 is 34.3. The molecule has 0 unspecified atom stereocenters. The number of nitrogens with one attached hydrogen (secondary N) is 1. The van der Waals surface area contributed by atoms with Crippen molar-refractivity contribution in [2.24, 2.45) is 0 Å². The second-order valence-corrected chi connectivity index (χ2v) is 6.46. The number of hydrogen-bond acceptors (Lipinski definition) is 4. The summed E-state index contributed by atoms with van der Waals surface area (Å²) in [6.45, 7) is 1.67. The molecule has 2 rings (SSSR count). The molecule has 0 radical (unpaired) electrons. The molecule has 1 N–H and O–H groups in total. The maximum atomic E-state index is 12.4. The first-order chi connectivity index (χ1) is 12.8. The normalized spacial score (nSPS) is 11.0. The lowest BCUT2D eigenvalue weighted by Crippen LogP contribution is -2.29. The zero-order valence-corrected chi connectivity index (χ0v) is 15.9. The quantitative estimate of drug-likeness (QED) is 0.755. The van der Waals surface area contributed by atoms with Gasteiger partial charge in [-0.3, -0.25) is 9.69 Å². The number of likely N-dealkylation sites (N-methyl/N-ethyl adjacent to an activating group) is 1. The number of nitrogens with zero attached hydrogens (tertiary/aromatic N) is 1. The topological polar surface area (TPSA) is 50.8 Å². The van der Waals surface area contributed by atoms with Gasteiger partial charge in [0, 0.05) is 12.2 Å². The third kappa shape index (κ3) is 6.53. The molecule has 0 aromatic heterocycles. The Hall–Kier alpha value is -2.67. The molecular formula is C20H24F2N2O3. The van der Waals surface area contributed by atoms with Crippen LogP contribution in [-0.4, -0.2) is 38.1 Å². The highest BCUT2D eigenvalue weighted by atomic mass is 19.3. The van der Waals surface area contributed by atoms with Gasteiger partial charge in [0.15, 0.2) is 11.5 Å². The number of benzene rings is 2. The fourth-order valence-electron chi connectivity index (χ4n) is 2.86. The van der Waals surface area contributed by atoms with Gasteiger partial charge < -0.3 is 14.8 Å². The van der Waals surface area contributed by atoms with Crippen LogP contribution in [0.5, 0.6) is 11.5 Å². The van der Waals surface area contributed by atoms with E-state index in [-0.39, 0.29) is 24.0 Å². The molecule has 5 nitrogen and oxygen atoms in total. The molecule has 0 saturated carbocycles. The molecule has 27 heavy (non-hydrogen) atoms. The van der Waals surface area contributed by atoms with Gasteiger partial charge in [0.25, 0.3) is 0 Å². The van der Waals surface area contributed by atoms with E-state index in [1.165, 1.54) is 13.2 Å². The minimum Gasteiger partial charge on any atom is -0.493 e. The third-order valence-electron chi connectivity index (χ3n) is 3.82. The van der Waals surface area contributed by atoms with E-state index in [1.807, 2.05) is 36.9 Å². The van der Waals surface area contributed by atoms with Crippen LogP contribution in [0, 0.1) is 13.8 Å². The summed E-state index contributed by atoms with van der Waals surface area (Å²) in [4.78, 5) is 14.1. The summed E-state index contributed by atoms with van der Waals surface area (Å²) in [5.41, 5.74) is 3.74. The van der Waals surface area contributed by atoms with Crippen LogP contribution >= 0.6 is 0 Å². The lowest BCUT2D eigenvalue weighted by molar-refractivity contribution is -0.117. The van der Waals surface area contributed by atoms with Gasteiger partial charge >= 0.3 is 6.61 Å². The lowest BCUT2D eigenvalue weighted by atomic mass is 10.1. The van der Waals surface area contributed by atoms with Crippen molar-refractivity contribution in [1.82, 2.24) is 4.90 Å². The molecule has 2 aromatic carbocycles. The fourth-order valence-corrected chi connectivity index (χ4v) is 2.86. The number of carbonyl (C=O) groups is 1. The summed E-state index contributed by atoms with van der Waals surface area (Å²) in [6, 6.07) is 10.6. The molecule has 0 bridgehead atoms. The summed E-state index contributed by atoms with van der Waals surface area (Å²) in [6.07, 6.45) is 0. The van der Waals surface area contributed by atoms with E-state index >= 15 is 0 Å². The molecule has 0 aliphatic rings. The lowest BCUT2D eigenvalue weighted by Gasteiger charge is -2.18. The van der Waals surface area contributed by atoms with E-state index in [0.29, 0.717) is 6.54 Å². The van der Waals surface area contributed by atoms with Crippen LogP contribution in [0.15, 0.2) is 36.4 Å². The molecular weight excluding hydrogens is 354 g/mol. The highest BCUT2D eigenvalue weighted by Crippen LogP contribution is 2.29. The van der Waals surface area contributed by atoms with Gasteiger partial charge in [-0.15, -0.1) is 0 Å². The molecule has 0 spiro atoms. The van der Waals surface area contributed by atoms with Crippen molar-refractivity contribution >= 4 is 11.6 Å². The second-order valence-electron chi connectivity index (χ2n) is 6.46. The van der Waals surface area contributed by atoms with E-state index in [9.17, 15) is 13.6 Å². The predicted octanol–water partition coefficient (Wildman–Crippen LogP) is 3.98. The average Bonchev–Trinajstić information content (AvgIpc) is 2.54. The van der Waals surface area contributed by atoms with Crippen molar-refractivity contribution in [3.63, 3.8) is 0 Å². The Kier molecular flexibility index (Phi) is 7.12.